The van der Waals surface area contributed by atoms with E-state index >= 15 is 0 Å². The number of aromatic nitrogens is 1. The maximum atomic E-state index is 12.0. The minimum atomic E-state index is -0.789. The number of benzene rings is 1. The third-order valence-corrected chi connectivity index (χ3v) is 3.01. The normalized spacial score (nSPS) is 10.2. The van der Waals surface area contributed by atoms with Crippen molar-refractivity contribution in [2.75, 3.05) is 6.61 Å². The topological polar surface area (TPSA) is 89.7 Å². The summed E-state index contributed by atoms with van der Waals surface area (Å²) in [5, 5.41) is 18.7. The van der Waals surface area contributed by atoms with Crippen LogP contribution in [0.2, 0.25) is 0 Å². The van der Waals surface area contributed by atoms with Crippen molar-refractivity contribution < 1.29 is 9.53 Å². The summed E-state index contributed by atoms with van der Waals surface area (Å²) in [7, 11) is 0. The van der Waals surface area contributed by atoms with Gasteiger partial charge in [-0.1, -0.05) is 18.2 Å². The number of nitrogens with zero attached hydrogens (tertiary/aromatic N) is 2. The first kappa shape index (κ1) is 13.6. The van der Waals surface area contributed by atoms with Gasteiger partial charge in [-0.25, -0.2) is 4.79 Å². The first-order valence-corrected chi connectivity index (χ1v) is 6.27. The molecule has 0 radical (unpaired) electrons. The van der Waals surface area contributed by atoms with E-state index in [1.165, 1.54) is 0 Å². The average Bonchev–Trinajstić information content (AvgIpc) is 2.83. The Hall–Kier alpha value is -2.79. The fraction of sp³-hybridized carbons (Fsp3) is 0.267. The van der Waals surface area contributed by atoms with Crippen molar-refractivity contribution in [3.05, 3.63) is 35.5 Å². The van der Waals surface area contributed by atoms with E-state index in [9.17, 15) is 4.79 Å². The van der Waals surface area contributed by atoms with Gasteiger partial charge in [-0.2, -0.15) is 10.5 Å². The highest BCUT2D eigenvalue weighted by molar-refractivity contribution is 5.98. The highest BCUT2D eigenvalue weighted by Crippen LogP contribution is 2.25. The maximum Gasteiger partial charge on any atom is 0.355 e. The first-order valence-electron chi connectivity index (χ1n) is 6.27. The molecule has 1 heterocycles. The van der Waals surface area contributed by atoms with Gasteiger partial charge in [-0.05, 0) is 18.6 Å². The number of carbonyl (C=O) groups excluding carboxylic acids is 1. The lowest BCUT2D eigenvalue weighted by Crippen LogP contribution is -2.10. The molecule has 2 aromatic rings. The van der Waals surface area contributed by atoms with E-state index in [0.29, 0.717) is 11.3 Å². The smallest absolute Gasteiger partial charge is 0.355 e. The lowest BCUT2D eigenvalue weighted by atomic mass is 9.99. The SMILES string of the molecule is CCOC(=O)c1[nH]c2ccccc2c1CC(C#N)C#N. The Bertz CT molecular complexity index is 705. The van der Waals surface area contributed by atoms with E-state index in [1.54, 1.807) is 6.92 Å². The van der Waals surface area contributed by atoms with Crippen LogP contribution in [0.3, 0.4) is 0 Å². The third kappa shape index (κ3) is 2.48. The number of nitrogens with one attached hydrogen (secondary N) is 1. The van der Waals surface area contributed by atoms with Crippen molar-refractivity contribution in [3.8, 4) is 12.1 Å². The van der Waals surface area contributed by atoms with Gasteiger partial charge in [0.15, 0.2) is 0 Å². The van der Waals surface area contributed by atoms with E-state index in [-0.39, 0.29) is 13.0 Å². The summed E-state index contributed by atoms with van der Waals surface area (Å²) >= 11 is 0. The van der Waals surface area contributed by atoms with Gasteiger partial charge in [0.05, 0.1) is 18.7 Å². The fourth-order valence-electron chi connectivity index (χ4n) is 2.11. The van der Waals surface area contributed by atoms with Gasteiger partial charge in [-0.15, -0.1) is 0 Å². The molecule has 0 spiro atoms. The Kier molecular flexibility index (Phi) is 4.02. The molecule has 20 heavy (non-hydrogen) atoms. The molecule has 0 amide bonds. The summed E-state index contributed by atoms with van der Waals surface area (Å²) in [6, 6.07) is 11.3. The Morgan fingerprint density at radius 3 is 2.70 bits per heavy atom. The van der Waals surface area contributed by atoms with Crippen molar-refractivity contribution in [2.45, 2.75) is 13.3 Å². The Morgan fingerprint density at radius 2 is 2.05 bits per heavy atom. The number of carbonyl (C=O) groups is 1. The molecule has 5 nitrogen and oxygen atoms in total. The second-order valence-electron chi connectivity index (χ2n) is 4.26. The summed E-state index contributed by atoms with van der Waals surface area (Å²) in [6.07, 6.45) is 0.200. The summed E-state index contributed by atoms with van der Waals surface area (Å²) in [5.41, 5.74) is 1.77. The van der Waals surface area contributed by atoms with Crippen LogP contribution in [0, 0.1) is 28.6 Å². The van der Waals surface area contributed by atoms with Gasteiger partial charge in [-0.3, -0.25) is 0 Å². The molecule has 1 N–H and O–H groups in total. The van der Waals surface area contributed by atoms with E-state index in [0.717, 1.165) is 10.9 Å². The van der Waals surface area contributed by atoms with Crippen LogP contribution in [0.15, 0.2) is 24.3 Å². The minimum absolute atomic E-state index is 0.200. The zero-order valence-electron chi connectivity index (χ0n) is 11.0. The number of hydrogen-bond acceptors (Lipinski definition) is 4. The number of ether oxygens (including phenoxy) is 1. The molecule has 100 valence electrons. The van der Waals surface area contributed by atoms with Crippen molar-refractivity contribution in [1.29, 1.82) is 10.5 Å². The van der Waals surface area contributed by atoms with E-state index in [2.05, 4.69) is 4.98 Å². The maximum absolute atomic E-state index is 12.0. The van der Waals surface area contributed by atoms with Crippen LogP contribution in [-0.4, -0.2) is 17.6 Å². The molecule has 0 unspecified atom stereocenters. The molecule has 0 atom stereocenters. The molecule has 0 fully saturated rings. The standard InChI is InChI=1S/C15H13N3O2/c1-2-20-15(19)14-12(7-10(8-16)9-17)11-5-3-4-6-13(11)18-14/h3-6,10,18H,2,7H2,1H3. The summed E-state index contributed by atoms with van der Waals surface area (Å²) < 4.78 is 5.01. The van der Waals surface area contributed by atoms with Gasteiger partial charge in [0.25, 0.3) is 0 Å². The van der Waals surface area contributed by atoms with Crippen LogP contribution in [0.1, 0.15) is 23.0 Å². The number of H-pyrrole nitrogens is 1. The Balaban J connectivity index is 2.53. The first-order chi connectivity index (χ1) is 9.71. The average molecular weight is 267 g/mol. The number of aromatic amines is 1. The lowest BCUT2D eigenvalue weighted by molar-refractivity contribution is 0.0519. The van der Waals surface area contributed by atoms with E-state index < -0.39 is 11.9 Å². The van der Waals surface area contributed by atoms with Crippen LogP contribution in [0.4, 0.5) is 0 Å². The molecule has 0 aliphatic heterocycles. The van der Waals surface area contributed by atoms with Crippen molar-refractivity contribution in [1.82, 2.24) is 4.98 Å². The van der Waals surface area contributed by atoms with Gasteiger partial charge >= 0.3 is 5.97 Å². The summed E-state index contributed by atoms with van der Waals surface area (Å²) in [6.45, 7) is 2.00. The molecule has 0 saturated carbocycles. The third-order valence-electron chi connectivity index (χ3n) is 3.01. The van der Waals surface area contributed by atoms with E-state index in [1.807, 2.05) is 36.4 Å². The van der Waals surface area contributed by atoms with Crippen molar-refractivity contribution in [2.24, 2.45) is 5.92 Å². The number of fused-ring (bicyclic) bond motifs is 1. The molecule has 0 saturated heterocycles. The number of nitriles is 2. The molecular weight excluding hydrogens is 254 g/mol. The summed E-state index contributed by atoms with van der Waals surface area (Å²) in [4.78, 5) is 15.0. The van der Waals surface area contributed by atoms with Crippen LogP contribution in [0.5, 0.6) is 0 Å². The molecule has 1 aromatic carbocycles. The second-order valence-corrected chi connectivity index (χ2v) is 4.26. The summed E-state index contributed by atoms with van der Waals surface area (Å²) in [5.74, 6) is -1.25. The molecule has 1 aromatic heterocycles. The zero-order chi connectivity index (χ0) is 14.5. The predicted molar refractivity (Wildman–Crippen MR) is 72.7 cm³/mol. The Labute approximate surface area is 116 Å². The molecule has 0 aliphatic rings. The number of esters is 1. The van der Waals surface area contributed by atoms with Crippen LogP contribution < -0.4 is 0 Å². The highest BCUT2D eigenvalue weighted by atomic mass is 16.5. The van der Waals surface area contributed by atoms with E-state index in [4.69, 9.17) is 15.3 Å². The lowest BCUT2D eigenvalue weighted by Gasteiger charge is -2.04. The molecule has 0 bridgehead atoms. The molecular formula is C15H13N3O2. The van der Waals surface area contributed by atoms with Crippen LogP contribution in [-0.2, 0) is 11.2 Å². The largest absolute Gasteiger partial charge is 0.461 e. The molecule has 5 heteroatoms. The van der Waals surface area contributed by atoms with Crippen LogP contribution >= 0.6 is 0 Å². The van der Waals surface area contributed by atoms with Crippen molar-refractivity contribution in [3.63, 3.8) is 0 Å². The fourth-order valence-corrected chi connectivity index (χ4v) is 2.11. The number of rotatable bonds is 4. The minimum Gasteiger partial charge on any atom is -0.461 e. The van der Waals surface area contributed by atoms with Gasteiger partial charge in [0.2, 0.25) is 0 Å². The zero-order valence-corrected chi connectivity index (χ0v) is 11.0. The highest BCUT2D eigenvalue weighted by Gasteiger charge is 2.21. The van der Waals surface area contributed by atoms with Gasteiger partial charge < -0.3 is 9.72 Å². The number of para-hydroxylation sites is 1. The molecule has 0 aliphatic carbocycles. The Morgan fingerprint density at radius 1 is 1.35 bits per heavy atom. The second kappa shape index (κ2) is 5.90. The molecule has 2 rings (SSSR count). The van der Waals surface area contributed by atoms with Crippen molar-refractivity contribution >= 4 is 16.9 Å². The number of hydrogen-bond donors (Lipinski definition) is 1. The van der Waals surface area contributed by atoms with Gasteiger partial charge in [0.1, 0.15) is 11.6 Å². The van der Waals surface area contributed by atoms with Crippen LogP contribution in [0.25, 0.3) is 10.9 Å². The predicted octanol–water partition coefficient (Wildman–Crippen LogP) is 2.55. The monoisotopic (exact) mass is 267 g/mol. The quantitative estimate of drug-likeness (QED) is 0.862. The van der Waals surface area contributed by atoms with Gasteiger partial charge in [0, 0.05) is 17.3 Å².